The average molecular weight is 263 g/mol. The molecule has 0 amide bonds. The molecule has 0 atom stereocenters. The maximum absolute atomic E-state index is 13.5. The largest absolute Gasteiger partial charge is 0.478 e. The van der Waals surface area contributed by atoms with Crippen molar-refractivity contribution in [2.24, 2.45) is 7.05 Å². The number of hydrogen-bond acceptors (Lipinski definition) is 3. The molecule has 5 nitrogen and oxygen atoms in total. The molecule has 0 saturated carbocycles. The monoisotopic (exact) mass is 263 g/mol. The van der Waals surface area contributed by atoms with Crippen LogP contribution in [0.1, 0.15) is 21.6 Å². The fourth-order valence-electron chi connectivity index (χ4n) is 1.74. The van der Waals surface area contributed by atoms with Crippen molar-refractivity contribution >= 4 is 5.97 Å². The van der Waals surface area contributed by atoms with E-state index >= 15 is 0 Å². The second-order valence-electron chi connectivity index (χ2n) is 4.16. The Morgan fingerprint density at radius 3 is 2.84 bits per heavy atom. The van der Waals surface area contributed by atoms with Crippen LogP contribution in [-0.2, 0) is 20.1 Å². The van der Waals surface area contributed by atoms with Crippen LogP contribution in [0.25, 0.3) is 0 Å². The van der Waals surface area contributed by atoms with Crippen LogP contribution in [0.2, 0.25) is 0 Å². The first-order chi connectivity index (χ1) is 9.08. The van der Waals surface area contributed by atoms with Gasteiger partial charge in [0.15, 0.2) is 0 Å². The first-order valence-electron chi connectivity index (χ1n) is 5.77. The quantitative estimate of drug-likeness (QED) is 0.858. The van der Waals surface area contributed by atoms with Gasteiger partial charge in [-0.2, -0.15) is 5.10 Å². The lowest BCUT2D eigenvalue weighted by Crippen LogP contribution is -2.16. The molecule has 6 heteroatoms. The summed E-state index contributed by atoms with van der Waals surface area (Å²) >= 11 is 0. The maximum Gasteiger partial charge on any atom is 0.335 e. The standard InChI is InChI=1S/C13H14FN3O2/c1-17-11(4-5-16-17)8-15-7-10-6-9(13(18)19)2-3-12(10)14/h2-6,15H,7-8H2,1H3,(H,18,19). The van der Waals surface area contributed by atoms with Crippen LogP contribution >= 0.6 is 0 Å². The second kappa shape index (κ2) is 5.62. The molecule has 100 valence electrons. The zero-order chi connectivity index (χ0) is 13.8. The summed E-state index contributed by atoms with van der Waals surface area (Å²) < 4.78 is 15.2. The number of carboxylic acids is 1. The number of rotatable bonds is 5. The number of nitrogens with one attached hydrogen (secondary N) is 1. The van der Waals surface area contributed by atoms with E-state index in [1.165, 1.54) is 18.2 Å². The second-order valence-corrected chi connectivity index (χ2v) is 4.16. The van der Waals surface area contributed by atoms with Crippen LogP contribution in [0.3, 0.4) is 0 Å². The number of nitrogens with zero attached hydrogens (tertiary/aromatic N) is 2. The lowest BCUT2D eigenvalue weighted by atomic mass is 10.1. The number of halogens is 1. The topological polar surface area (TPSA) is 67.2 Å². The lowest BCUT2D eigenvalue weighted by Gasteiger charge is -2.07. The first kappa shape index (κ1) is 13.2. The van der Waals surface area contributed by atoms with E-state index < -0.39 is 11.8 Å². The summed E-state index contributed by atoms with van der Waals surface area (Å²) in [6, 6.07) is 5.62. The number of carbonyl (C=O) groups is 1. The number of benzene rings is 1. The van der Waals surface area contributed by atoms with Gasteiger partial charge in [0, 0.05) is 31.9 Å². The van der Waals surface area contributed by atoms with Gasteiger partial charge in [0.05, 0.1) is 11.3 Å². The third kappa shape index (κ3) is 3.17. The normalized spacial score (nSPS) is 10.6. The Labute approximate surface area is 109 Å². The van der Waals surface area contributed by atoms with Gasteiger partial charge in [-0.15, -0.1) is 0 Å². The Kier molecular flexibility index (Phi) is 3.91. The Hall–Kier alpha value is -2.21. The van der Waals surface area contributed by atoms with Crippen molar-refractivity contribution in [3.63, 3.8) is 0 Å². The number of hydrogen-bond donors (Lipinski definition) is 2. The molecular weight excluding hydrogens is 249 g/mol. The number of aryl methyl sites for hydroxylation is 1. The van der Waals surface area contributed by atoms with Crippen molar-refractivity contribution < 1.29 is 14.3 Å². The Morgan fingerprint density at radius 1 is 1.42 bits per heavy atom. The molecule has 0 aliphatic heterocycles. The fourth-order valence-corrected chi connectivity index (χ4v) is 1.74. The van der Waals surface area contributed by atoms with Crippen LogP contribution in [0.5, 0.6) is 0 Å². The smallest absolute Gasteiger partial charge is 0.335 e. The fraction of sp³-hybridized carbons (Fsp3) is 0.231. The van der Waals surface area contributed by atoms with E-state index in [2.05, 4.69) is 10.4 Å². The van der Waals surface area contributed by atoms with E-state index in [-0.39, 0.29) is 12.1 Å². The van der Waals surface area contributed by atoms with Gasteiger partial charge >= 0.3 is 5.97 Å². The average Bonchev–Trinajstić information content (AvgIpc) is 2.77. The van der Waals surface area contributed by atoms with Gasteiger partial charge in [-0.3, -0.25) is 4.68 Å². The zero-order valence-electron chi connectivity index (χ0n) is 10.4. The predicted octanol–water partition coefficient (Wildman–Crippen LogP) is 1.55. The lowest BCUT2D eigenvalue weighted by molar-refractivity contribution is 0.0696. The molecule has 0 unspecified atom stereocenters. The highest BCUT2D eigenvalue weighted by Crippen LogP contribution is 2.11. The van der Waals surface area contributed by atoms with Crippen molar-refractivity contribution in [2.75, 3.05) is 0 Å². The summed E-state index contributed by atoms with van der Waals surface area (Å²) in [7, 11) is 1.82. The third-order valence-corrected chi connectivity index (χ3v) is 2.84. The van der Waals surface area contributed by atoms with Crippen molar-refractivity contribution in [1.82, 2.24) is 15.1 Å². The molecule has 1 aromatic carbocycles. The van der Waals surface area contributed by atoms with Crippen LogP contribution in [-0.4, -0.2) is 20.9 Å². The Balaban J connectivity index is 2.01. The Morgan fingerprint density at radius 2 is 2.21 bits per heavy atom. The predicted molar refractivity (Wildman–Crippen MR) is 67.1 cm³/mol. The minimum atomic E-state index is -1.06. The summed E-state index contributed by atoms with van der Waals surface area (Å²) in [5.41, 5.74) is 1.38. The zero-order valence-corrected chi connectivity index (χ0v) is 10.4. The summed E-state index contributed by atoms with van der Waals surface area (Å²) in [5, 5.41) is 15.9. The molecule has 19 heavy (non-hydrogen) atoms. The van der Waals surface area contributed by atoms with E-state index in [9.17, 15) is 9.18 Å². The van der Waals surface area contributed by atoms with Crippen molar-refractivity contribution in [2.45, 2.75) is 13.1 Å². The van der Waals surface area contributed by atoms with E-state index in [0.29, 0.717) is 12.1 Å². The molecule has 0 fully saturated rings. The first-order valence-corrected chi connectivity index (χ1v) is 5.77. The van der Waals surface area contributed by atoms with Gasteiger partial charge in [-0.1, -0.05) is 0 Å². The highest BCUT2D eigenvalue weighted by atomic mass is 19.1. The Bertz CT molecular complexity index is 595. The van der Waals surface area contributed by atoms with Gasteiger partial charge in [0.1, 0.15) is 5.82 Å². The molecule has 0 aliphatic carbocycles. The number of aromatic carboxylic acids is 1. The highest BCUT2D eigenvalue weighted by Gasteiger charge is 2.08. The van der Waals surface area contributed by atoms with Crippen molar-refractivity contribution in [3.8, 4) is 0 Å². The molecule has 0 spiro atoms. The minimum absolute atomic E-state index is 0.0822. The molecule has 2 aromatic rings. The minimum Gasteiger partial charge on any atom is -0.478 e. The van der Waals surface area contributed by atoms with Crippen LogP contribution in [0.15, 0.2) is 30.5 Å². The van der Waals surface area contributed by atoms with E-state index in [4.69, 9.17) is 5.11 Å². The summed E-state index contributed by atoms with van der Waals surface area (Å²) in [6.45, 7) is 0.797. The third-order valence-electron chi connectivity index (χ3n) is 2.84. The molecule has 0 saturated heterocycles. The van der Waals surface area contributed by atoms with Crippen LogP contribution < -0.4 is 5.32 Å². The van der Waals surface area contributed by atoms with Crippen LogP contribution in [0, 0.1) is 5.82 Å². The molecule has 0 bridgehead atoms. The van der Waals surface area contributed by atoms with Gasteiger partial charge < -0.3 is 10.4 Å². The van der Waals surface area contributed by atoms with Crippen molar-refractivity contribution in [3.05, 3.63) is 53.1 Å². The van der Waals surface area contributed by atoms with E-state index in [0.717, 1.165) is 5.69 Å². The molecule has 0 aliphatic rings. The molecular formula is C13H14FN3O2. The summed E-state index contributed by atoms with van der Waals surface area (Å²) in [5.74, 6) is -1.48. The van der Waals surface area contributed by atoms with E-state index in [1.807, 2.05) is 13.1 Å². The summed E-state index contributed by atoms with van der Waals surface area (Å²) in [6.07, 6.45) is 1.68. The van der Waals surface area contributed by atoms with Gasteiger partial charge in [-0.05, 0) is 24.3 Å². The van der Waals surface area contributed by atoms with Gasteiger partial charge in [-0.25, -0.2) is 9.18 Å². The van der Waals surface area contributed by atoms with Crippen LogP contribution in [0.4, 0.5) is 4.39 Å². The SMILES string of the molecule is Cn1nccc1CNCc1cc(C(=O)O)ccc1F. The van der Waals surface area contributed by atoms with Crippen molar-refractivity contribution in [1.29, 1.82) is 0 Å². The molecule has 2 N–H and O–H groups in total. The van der Waals surface area contributed by atoms with Gasteiger partial charge in [0.25, 0.3) is 0 Å². The number of aromatic nitrogens is 2. The summed E-state index contributed by atoms with van der Waals surface area (Å²) in [4.78, 5) is 10.8. The molecule has 1 aromatic heterocycles. The maximum atomic E-state index is 13.5. The molecule has 2 rings (SSSR count). The molecule has 0 radical (unpaired) electrons. The molecule has 1 heterocycles. The van der Waals surface area contributed by atoms with Gasteiger partial charge in [0.2, 0.25) is 0 Å². The highest BCUT2D eigenvalue weighted by molar-refractivity contribution is 5.87. The number of carboxylic acid groups (broad SMARTS) is 1. The van der Waals surface area contributed by atoms with E-state index in [1.54, 1.807) is 10.9 Å².